The van der Waals surface area contributed by atoms with E-state index in [-0.39, 0.29) is 0 Å². The van der Waals surface area contributed by atoms with Crippen LogP contribution in [0.1, 0.15) is 24.8 Å². The highest BCUT2D eigenvalue weighted by Gasteiger charge is 2.18. The van der Waals surface area contributed by atoms with Crippen molar-refractivity contribution in [1.82, 2.24) is 5.32 Å². The monoisotopic (exact) mass is 365 g/mol. The molecule has 3 aromatic carbocycles. The Balaban J connectivity index is 1.94. The molecule has 0 radical (unpaired) electrons. The van der Waals surface area contributed by atoms with E-state index in [1.165, 1.54) is 46.4 Å². The van der Waals surface area contributed by atoms with E-state index in [9.17, 15) is 0 Å². The molecule has 1 atom stereocenters. The van der Waals surface area contributed by atoms with E-state index in [1.807, 2.05) is 6.07 Å². The number of fused-ring (bicyclic) bond motifs is 3. The standard InChI is InChI=1S/C23H27NO3/c1-25-18-8-7-15-10-16(11-17-6-4-5-9-24-17)20-13-22(26-2)23(27-3)14-21(20)19(15)12-18/h7-8,10,12-14,17,24H,4-6,9,11H2,1-3H3/t17-/m1/s1. The summed E-state index contributed by atoms with van der Waals surface area (Å²) in [6.07, 6.45) is 4.83. The number of ether oxygens (including phenoxy) is 3. The van der Waals surface area contributed by atoms with Crippen LogP contribution in [0.4, 0.5) is 0 Å². The van der Waals surface area contributed by atoms with Gasteiger partial charge in [0.1, 0.15) is 5.75 Å². The molecule has 1 aliphatic rings. The van der Waals surface area contributed by atoms with Crippen molar-refractivity contribution >= 4 is 21.5 Å². The van der Waals surface area contributed by atoms with E-state index in [4.69, 9.17) is 14.2 Å². The van der Waals surface area contributed by atoms with Gasteiger partial charge in [0.15, 0.2) is 11.5 Å². The first-order valence-electron chi connectivity index (χ1n) is 9.62. The molecule has 0 amide bonds. The highest BCUT2D eigenvalue weighted by molar-refractivity contribution is 6.10. The molecule has 3 aromatic rings. The van der Waals surface area contributed by atoms with Gasteiger partial charge >= 0.3 is 0 Å². The van der Waals surface area contributed by atoms with Crippen LogP contribution in [-0.2, 0) is 6.42 Å². The van der Waals surface area contributed by atoms with E-state index >= 15 is 0 Å². The summed E-state index contributed by atoms with van der Waals surface area (Å²) in [5.74, 6) is 2.38. The Morgan fingerprint density at radius 2 is 1.63 bits per heavy atom. The van der Waals surface area contributed by atoms with Crippen LogP contribution >= 0.6 is 0 Å². The molecule has 0 bridgehead atoms. The minimum Gasteiger partial charge on any atom is -0.497 e. The maximum absolute atomic E-state index is 5.58. The van der Waals surface area contributed by atoms with Gasteiger partial charge < -0.3 is 19.5 Å². The molecule has 0 unspecified atom stereocenters. The van der Waals surface area contributed by atoms with E-state index in [1.54, 1.807) is 21.3 Å². The minimum atomic E-state index is 0.533. The van der Waals surface area contributed by atoms with E-state index in [0.717, 1.165) is 30.2 Å². The fourth-order valence-corrected chi connectivity index (χ4v) is 4.19. The van der Waals surface area contributed by atoms with Crippen molar-refractivity contribution in [1.29, 1.82) is 0 Å². The van der Waals surface area contributed by atoms with Gasteiger partial charge in [-0.05, 0) is 77.2 Å². The summed E-state index contributed by atoms with van der Waals surface area (Å²) in [5, 5.41) is 8.47. The third-order valence-corrected chi connectivity index (χ3v) is 5.63. The molecule has 1 heterocycles. The van der Waals surface area contributed by atoms with Crippen LogP contribution in [-0.4, -0.2) is 33.9 Å². The van der Waals surface area contributed by atoms with Gasteiger partial charge in [-0.3, -0.25) is 0 Å². The number of hydrogen-bond donors (Lipinski definition) is 1. The lowest BCUT2D eigenvalue weighted by atomic mass is 9.91. The first-order valence-corrected chi connectivity index (χ1v) is 9.62. The summed E-state index contributed by atoms with van der Waals surface area (Å²) >= 11 is 0. The van der Waals surface area contributed by atoms with Crippen molar-refractivity contribution in [3.8, 4) is 17.2 Å². The fourth-order valence-electron chi connectivity index (χ4n) is 4.19. The lowest BCUT2D eigenvalue weighted by molar-refractivity contribution is 0.356. The second-order valence-electron chi connectivity index (χ2n) is 7.23. The van der Waals surface area contributed by atoms with E-state index < -0.39 is 0 Å². The van der Waals surface area contributed by atoms with Crippen molar-refractivity contribution in [3.05, 3.63) is 42.0 Å². The zero-order valence-electron chi connectivity index (χ0n) is 16.3. The van der Waals surface area contributed by atoms with Gasteiger partial charge in [-0.15, -0.1) is 0 Å². The van der Waals surface area contributed by atoms with Crippen molar-refractivity contribution in [2.75, 3.05) is 27.9 Å². The van der Waals surface area contributed by atoms with Gasteiger partial charge in [0.25, 0.3) is 0 Å². The van der Waals surface area contributed by atoms with Crippen LogP contribution in [0.15, 0.2) is 36.4 Å². The van der Waals surface area contributed by atoms with Crippen LogP contribution in [0.2, 0.25) is 0 Å². The lowest BCUT2D eigenvalue weighted by Crippen LogP contribution is -2.35. The van der Waals surface area contributed by atoms with Crippen LogP contribution in [0, 0.1) is 0 Å². The molecule has 4 heteroatoms. The van der Waals surface area contributed by atoms with Crippen LogP contribution in [0.25, 0.3) is 21.5 Å². The molecule has 4 nitrogen and oxygen atoms in total. The maximum atomic E-state index is 5.58. The number of piperidine rings is 1. The molecule has 1 fully saturated rings. The third kappa shape index (κ3) is 3.42. The molecule has 1 aliphatic heterocycles. The van der Waals surface area contributed by atoms with Gasteiger partial charge in [-0.1, -0.05) is 18.6 Å². The average Bonchev–Trinajstić information content (AvgIpc) is 2.73. The second-order valence-corrected chi connectivity index (χ2v) is 7.23. The summed E-state index contributed by atoms with van der Waals surface area (Å²) in [6, 6.07) is 13.3. The highest BCUT2D eigenvalue weighted by Crippen LogP contribution is 2.39. The Morgan fingerprint density at radius 1 is 0.852 bits per heavy atom. The first kappa shape index (κ1) is 17.9. The van der Waals surface area contributed by atoms with Crippen molar-refractivity contribution in [3.63, 3.8) is 0 Å². The average molecular weight is 365 g/mol. The number of nitrogens with one attached hydrogen (secondary N) is 1. The largest absolute Gasteiger partial charge is 0.497 e. The topological polar surface area (TPSA) is 39.7 Å². The fraction of sp³-hybridized carbons (Fsp3) is 0.391. The first-order chi connectivity index (χ1) is 13.2. The number of benzene rings is 3. The predicted molar refractivity (Wildman–Crippen MR) is 110 cm³/mol. The number of rotatable bonds is 5. The predicted octanol–water partition coefficient (Wildman–Crippen LogP) is 4.70. The molecule has 27 heavy (non-hydrogen) atoms. The Hall–Kier alpha value is -2.46. The molecule has 0 aliphatic carbocycles. The van der Waals surface area contributed by atoms with Crippen molar-refractivity contribution in [2.24, 2.45) is 0 Å². The second kappa shape index (κ2) is 7.65. The van der Waals surface area contributed by atoms with Crippen LogP contribution in [0.3, 0.4) is 0 Å². The highest BCUT2D eigenvalue weighted by atomic mass is 16.5. The summed E-state index contributed by atoms with van der Waals surface area (Å²) in [5.41, 5.74) is 1.35. The molecular formula is C23H27NO3. The summed E-state index contributed by atoms with van der Waals surface area (Å²) in [6.45, 7) is 1.12. The molecule has 0 spiro atoms. The summed E-state index contributed by atoms with van der Waals surface area (Å²) < 4.78 is 16.6. The van der Waals surface area contributed by atoms with E-state index in [0.29, 0.717) is 6.04 Å². The zero-order chi connectivity index (χ0) is 18.8. The minimum absolute atomic E-state index is 0.533. The summed E-state index contributed by atoms with van der Waals surface area (Å²) in [4.78, 5) is 0. The van der Waals surface area contributed by atoms with Crippen molar-refractivity contribution in [2.45, 2.75) is 31.7 Å². The normalized spacial score (nSPS) is 17.2. The Morgan fingerprint density at radius 3 is 2.30 bits per heavy atom. The SMILES string of the molecule is COc1ccc2cc(C[C@H]3CCCCN3)c3cc(OC)c(OC)cc3c2c1. The molecule has 1 N–H and O–H groups in total. The van der Waals surface area contributed by atoms with E-state index in [2.05, 4.69) is 35.6 Å². The Kier molecular flexibility index (Phi) is 5.08. The van der Waals surface area contributed by atoms with Crippen LogP contribution in [0.5, 0.6) is 17.2 Å². The number of hydrogen-bond acceptors (Lipinski definition) is 4. The zero-order valence-corrected chi connectivity index (χ0v) is 16.3. The molecule has 1 saturated heterocycles. The molecular weight excluding hydrogens is 338 g/mol. The third-order valence-electron chi connectivity index (χ3n) is 5.63. The molecule has 142 valence electrons. The van der Waals surface area contributed by atoms with Gasteiger partial charge in [-0.2, -0.15) is 0 Å². The smallest absolute Gasteiger partial charge is 0.161 e. The van der Waals surface area contributed by atoms with Gasteiger partial charge in [-0.25, -0.2) is 0 Å². The molecule has 4 rings (SSSR count). The Labute approximate surface area is 160 Å². The quantitative estimate of drug-likeness (QED) is 0.665. The van der Waals surface area contributed by atoms with Gasteiger partial charge in [0, 0.05) is 6.04 Å². The van der Waals surface area contributed by atoms with Gasteiger partial charge in [0.05, 0.1) is 21.3 Å². The number of methoxy groups -OCH3 is 3. The summed E-state index contributed by atoms with van der Waals surface area (Å²) in [7, 11) is 5.08. The van der Waals surface area contributed by atoms with Crippen LogP contribution < -0.4 is 19.5 Å². The maximum Gasteiger partial charge on any atom is 0.161 e. The lowest BCUT2D eigenvalue weighted by Gasteiger charge is -2.24. The van der Waals surface area contributed by atoms with Gasteiger partial charge in [0.2, 0.25) is 0 Å². The molecule has 0 aromatic heterocycles. The van der Waals surface area contributed by atoms with Crippen molar-refractivity contribution < 1.29 is 14.2 Å². The Bertz CT molecular complexity index is 961. The molecule has 0 saturated carbocycles.